The van der Waals surface area contributed by atoms with Gasteiger partial charge in [-0.1, -0.05) is 29.8 Å². The summed E-state index contributed by atoms with van der Waals surface area (Å²) in [6.45, 7) is 0. The number of hydrogen-bond donors (Lipinski definition) is 0. The van der Waals surface area contributed by atoms with E-state index >= 15 is 0 Å². The molecule has 0 N–H and O–H groups in total. The van der Waals surface area contributed by atoms with Gasteiger partial charge in [0.1, 0.15) is 11.6 Å². The maximum Gasteiger partial charge on any atom is 0.140 e. The Labute approximate surface area is 91.1 Å². The van der Waals surface area contributed by atoms with Gasteiger partial charge in [0.2, 0.25) is 0 Å². The summed E-state index contributed by atoms with van der Waals surface area (Å²) in [5, 5.41) is 0.177. The van der Waals surface area contributed by atoms with E-state index in [0.29, 0.717) is 0 Å². The topological polar surface area (TPSA) is 0 Å². The molecule has 0 atom stereocenters. The Morgan fingerprint density at radius 2 is 1.80 bits per heavy atom. The first-order valence-corrected chi connectivity index (χ1v) is 4.68. The summed E-state index contributed by atoms with van der Waals surface area (Å²) in [5.74, 6) is -1.15. The molecule has 0 saturated heterocycles. The third kappa shape index (κ3) is 1.85. The van der Waals surface area contributed by atoms with Gasteiger partial charge in [-0.3, -0.25) is 0 Å². The molecule has 0 saturated carbocycles. The zero-order chi connectivity index (χ0) is 10.8. The van der Waals surface area contributed by atoms with E-state index in [0.717, 1.165) is 0 Å². The smallest absolute Gasteiger partial charge is 0.140 e. The van der Waals surface area contributed by atoms with Crippen LogP contribution in [0.5, 0.6) is 0 Å². The van der Waals surface area contributed by atoms with Gasteiger partial charge in [-0.15, -0.1) is 0 Å². The summed E-state index contributed by atoms with van der Waals surface area (Å²) in [4.78, 5) is 0. The first-order valence-electron chi connectivity index (χ1n) is 4.30. The minimum atomic E-state index is -0.646. The van der Waals surface area contributed by atoms with E-state index in [1.54, 1.807) is 6.07 Å². The highest BCUT2D eigenvalue weighted by Crippen LogP contribution is 2.31. The standard InChI is InChI=1S/C12H6ClF2/c13-9-5-3-7-11(15)12(9)8-4-1-2-6-10(8)14/h1-6H. The second-order valence-corrected chi connectivity index (χ2v) is 3.40. The van der Waals surface area contributed by atoms with Crippen LogP contribution in [0.4, 0.5) is 8.78 Å². The molecule has 0 amide bonds. The zero-order valence-electron chi connectivity index (χ0n) is 7.60. The van der Waals surface area contributed by atoms with Crippen LogP contribution < -0.4 is 0 Å². The van der Waals surface area contributed by atoms with Crippen LogP contribution in [-0.2, 0) is 0 Å². The second-order valence-electron chi connectivity index (χ2n) is 2.99. The second kappa shape index (κ2) is 3.99. The monoisotopic (exact) mass is 223 g/mol. The van der Waals surface area contributed by atoms with Gasteiger partial charge >= 0.3 is 0 Å². The molecule has 0 aliphatic heterocycles. The van der Waals surface area contributed by atoms with Crippen molar-refractivity contribution in [1.29, 1.82) is 0 Å². The fraction of sp³-hybridized carbons (Fsp3) is 0. The highest BCUT2D eigenvalue weighted by molar-refractivity contribution is 6.33. The quantitative estimate of drug-likeness (QED) is 0.683. The Balaban J connectivity index is 2.69. The Morgan fingerprint density at radius 3 is 2.47 bits per heavy atom. The summed E-state index contributed by atoms with van der Waals surface area (Å²) in [5.41, 5.74) is 0.203. The van der Waals surface area contributed by atoms with Gasteiger partial charge < -0.3 is 0 Å². The minimum absolute atomic E-state index is 0.0530. The van der Waals surface area contributed by atoms with Crippen molar-refractivity contribution in [2.24, 2.45) is 0 Å². The normalized spacial score (nSPS) is 10.3. The Hall–Kier alpha value is -1.41. The number of benzene rings is 2. The molecule has 0 unspecified atom stereocenters. The van der Waals surface area contributed by atoms with Crippen molar-refractivity contribution in [1.82, 2.24) is 0 Å². The molecule has 0 nitrogen and oxygen atoms in total. The predicted octanol–water partition coefficient (Wildman–Crippen LogP) is 4.09. The van der Waals surface area contributed by atoms with Gasteiger partial charge in [-0.05, 0) is 18.2 Å². The van der Waals surface area contributed by atoms with Gasteiger partial charge in [-0.2, -0.15) is 0 Å². The molecule has 2 aromatic carbocycles. The summed E-state index contributed by atoms with van der Waals surface area (Å²) < 4.78 is 26.8. The van der Waals surface area contributed by atoms with Crippen molar-refractivity contribution in [3.05, 3.63) is 59.1 Å². The van der Waals surface area contributed by atoms with Gasteiger partial charge in [0.05, 0.1) is 5.02 Å². The molecule has 0 fully saturated rings. The molecular weight excluding hydrogens is 218 g/mol. The first-order chi connectivity index (χ1) is 7.20. The van der Waals surface area contributed by atoms with E-state index in [-0.39, 0.29) is 16.1 Å². The maximum absolute atomic E-state index is 13.4. The summed E-state index contributed by atoms with van der Waals surface area (Å²) in [6.07, 6.45) is 0. The van der Waals surface area contributed by atoms with Gasteiger partial charge in [-0.25, -0.2) is 8.78 Å². The first kappa shape index (κ1) is 10.1. The van der Waals surface area contributed by atoms with Crippen molar-refractivity contribution in [2.45, 2.75) is 0 Å². The fourth-order valence-electron chi connectivity index (χ4n) is 1.36. The van der Waals surface area contributed by atoms with E-state index in [4.69, 9.17) is 11.6 Å². The van der Waals surface area contributed by atoms with E-state index in [2.05, 4.69) is 6.07 Å². The molecule has 0 bridgehead atoms. The van der Waals surface area contributed by atoms with Crippen molar-refractivity contribution < 1.29 is 8.78 Å². The molecule has 75 valence electrons. The van der Waals surface area contributed by atoms with Crippen molar-refractivity contribution >= 4 is 11.6 Å². The van der Waals surface area contributed by atoms with Gasteiger partial charge in [0.15, 0.2) is 0 Å². The molecule has 0 aliphatic rings. The van der Waals surface area contributed by atoms with Crippen LogP contribution in [0.15, 0.2) is 36.4 Å². The largest absolute Gasteiger partial charge is 0.206 e. The van der Waals surface area contributed by atoms with Crippen LogP contribution in [0.1, 0.15) is 0 Å². The maximum atomic E-state index is 13.4. The number of hydrogen-bond acceptors (Lipinski definition) is 0. The van der Waals surface area contributed by atoms with Crippen LogP contribution in [0.3, 0.4) is 0 Å². The molecule has 0 aromatic heterocycles. The Kier molecular flexibility index (Phi) is 2.69. The molecule has 0 aliphatic carbocycles. The van der Waals surface area contributed by atoms with Crippen LogP contribution in [0, 0.1) is 17.7 Å². The summed E-state index contributed by atoms with van der Waals surface area (Å²) in [7, 11) is 0. The average molecular weight is 224 g/mol. The van der Waals surface area contributed by atoms with E-state index in [1.807, 2.05) is 0 Å². The molecule has 2 rings (SSSR count). The molecule has 0 heterocycles. The lowest BCUT2D eigenvalue weighted by atomic mass is 10.0. The highest BCUT2D eigenvalue weighted by atomic mass is 35.5. The van der Waals surface area contributed by atoms with E-state index in [9.17, 15) is 8.78 Å². The molecule has 2 aromatic rings. The highest BCUT2D eigenvalue weighted by Gasteiger charge is 2.12. The predicted molar refractivity (Wildman–Crippen MR) is 55.6 cm³/mol. The molecule has 15 heavy (non-hydrogen) atoms. The molecular formula is C12H6ClF2. The fourth-order valence-corrected chi connectivity index (χ4v) is 1.61. The number of halogens is 3. The van der Waals surface area contributed by atoms with Crippen LogP contribution in [0.2, 0.25) is 5.02 Å². The van der Waals surface area contributed by atoms with Crippen LogP contribution in [0.25, 0.3) is 11.1 Å². The summed E-state index contributed by atoms with van der Waals surface area (Å²) >= 11 is 5.81. The lowest BCUT2D eigenvalue weighted by Crippen LogP contribution is -1.89. The van der Waals surface area contributed by atoms with Crippen LogP contribution in [-0.4, -0.2) is 0 Å². The lowest BCUT2D eigenvalue weighted by molar-refractivity contribution is 0.615. The average Bonchev–Trinajstić information content (AvgIpc) is 2.20. The Morgan fingerprint density at radius 1 is 1.07 bits per heavy atom. The third-order valence-electron chi connectivity index (χ3n) is 2.04. The zero-order valence-corrected chi connectivity index (χ0v) is 8.35. The van der Waals surface area contributed by atoms with Crippen molar-refractivity contribution in [3.8, 4) is 11.1 Å². The van der Waals surface area contributed by atoms with Gasteiger partial charge in [0.25, 0.3) is 0 Å². The SMILES string of the molecule is Fc1[c]ccc(Cl)c1-c1ccccc1F. The molecule has 1 radical (unpaired) electrons. The third-order valence-corrected chi connectivity index (χ3v) is 2.36. The molecule has 0 spiro atoms. The number of rotatable bonds is 1. The summed E-state index contributed by atoms with van der Waals surface area (Å²) in [6, 6.07) is 11.1. The minimum Gasteiger partial charge on any atom is -0.206 e. The molecule has 3 heteroatoms. The van der Waals surface area contributed by atoms with E-state index in [1.165, 1.54) is 30.3 Å². The van der Waals surface area contributed by atoms with Crippen molar-refractivity contribution in [3.63, 3.8) is 0 Å². The lowest BCUT2D eigenvalue weighted by Gasteiger charge is -2.06. The van der Waals surface area contributed by atoms with E-state index < -0.39 is 11.6 Å². The van der Waals surface area contributed by atoms with Gasteiger partial charge in [0, 0.05) is 17.2 Å². The van der Waals surface area contributed by atoms with Crippen LogP contribution >= 0.6 is 11.6 Å². The van der Waals surface area contributed by atoms with Crippen molar-refractivity contribution in [2.75, 3.05) is 0 Å². The Bertz CT molecular complexity index is 474.